The SMILES string of the molecule is NOCc1cccc(CON)n1. The van der Waals surface area contributed by atoms with Crippen molar-refractivity contribution in [3.8, 4) is 0 Å². The van der Waals surface area contributed by atoms with Gasteiger partial charge in [-0.15, -0.1) is 0 Å². The lowest BCUT2D eigenvalue weighted by Crippen LogP contribution is -2.05. The van der Waals surface area contributed by atoms with Crippen LogP contribution in [0.1, 0.15) is 11.4 Å². The fraction of sp³-hybridized carbons (Fsp3) is 0.286. The van der Waals surface area contributed by atoms with E-state index in [1.165, 1.54) is 0 Å². The van der Waals surface area contributed by atoms with Gasteiger partial charge in [0.25, 0.3) is 0 Å². The topological polar surface area (TPSA) is 83.4 Å². The maximum absolute atomic E-state index is 4.89. The first kappa shape index (κ1) is 9.08. The van der Waals surface area contributed by atoms with Crippen LogP contribution in [0.25, 0.3) is 0 Å². The van der Waals surface area contributed by atoms with Gasteiger partial charge in [0.05, 0.1) is 11.4 Å². The molecule has 1 aromatic heterocycles. The third kappa shape index (κ3) is 2.55. The maximum Gasteiger partial charge on any atom is 0.110 e. The van der Waals surface area contributed by atoms with Gasteiger partial charge >= 0.3 is 0 Å². The van der Waals surface area contributed by atoms with E-state index in [4.69, 9.17) is 11.8 Å². The van der Waals surface area contributed by atoms with Gasteiger partial charge in [-0.3, -0.25) is 14.7 Å². The van der Waals surface area contributed by atoms with E-state index in [0.717, 1.165) is 11.4 Å². The smallest absolute Gasteiger partial charge is 0.110 e. The quantitative estimate of drug-likeness (QED) is 0.613. The third-order valence-electron chi connectivity index (χ3n) is 1.33. The van der Waals surface area contributed by atoms with Crippen LogP contribution in [-0.2, 0) is 22.9 Å². The zero-order valence-electron chi connectivity index (χ0n) is 6.56. The van der Waals surface area contributed by atoms with Gasteiger partial charge in [-0.25, -0.2) is 11.8 Å². The van der Waals surface area contributed by atoms with E-state index in [0.29, 0.717) is 13.2 Å². The van der Waals surface area contributed by atoms with Crippen LogP contribution in [0.15, 0.2) is 18.2 Å². The molecule has 0 aliphatic rings. The fourth-order valence-electron chi connectivity index (χ4n) is 0.861. The molecular formula is C7H11N3O2. The van der Waals surface area contributed by atoms with Gasteiger partial charge in [-0.05, 0) is 12.1 Å². The molecule has 0 saturated heterocycles. The average Bonchev–Trinajstić information content (AvgIpc) is 2.06. The van der Waals surface area contributed by atoms with Crippen LogP contribution in [0.4, 0.5) is 0 Å². The van der Waals surface area contributed by atoms with Crippen LogP contribution >= 0.6 is 0 Å². The molecule has 0 unspecified atom stereocenters. The van der Waals surface area contributed by atoms with E-state index >= 15 is 0 Å². The Balaban J connectivity index is 2.67. The molecule has 0 fully saturated rings. The summed E-state index contributed by atoms with van der Waals surface area (Å²) in [6.45, 7) is 0.580. The molecule has 0 spiro atoms. The monoisotopic (exact) mass is 169 g/mol. The molecule has 1 rings (SSSR count). The first-order valence-electron chi connectivity index (χ1n) is 3.45. The van der Waals surface area contributed by atoms with Gasteiger partial charge in [-0.2, -0.15) is 0 Å². The molecule has 0 radical (unpaired) electrons. The Morgan fingerprint density at radius 2 is 1.58 bits per heavy atom. The highest BCUT2D eigenvalue weighted by Crippen LogP contribution is 2.00. The van der Waals surface area contributed by atoms with Crippen LogP contribution in [0.5, 0.6) is 0 Å². The van der Waals surface area contributed by atoms with Gasteiger partial charge in [0.2, 0.25) is 0 Å². The minimum absolute atomic E-state index is 0.290. The highest BCUT2D eigenvalue weighted by molar-refractivity contribution is 5.09. The molecule has 12 heavy (non-hydrogen) atoms. The Hall–Kier alpha value is -1.01. The Morgan fingerprint density at radius 3 is 2.00 bits per heavy atom. The Kier molecular flexibility index (Phi) is 3.62. The summed E-state index contributed by atoms with van der Waals surface area (Å²) >= 11 is 0. The first-order valence-corrected chi connectivity index (χ1v) is 3.45. The summed E-state index contributed by atoms with van der Waals surface area (Å²) in [5, 5.41) is 0. The highest BCUT2D eigenvalue weighted by Gasteiger charge is 1.96. The van der Waals surface area contributed by atoms with Crippen LogP contribution in [0.3, 0.4) is 0 Å². The van der Waals surface area contributed by atoms with Crippen molar-refractivity contribution in [2.24, 2.45) is 11.8 Å². The zero-order valence-corrected chi connectivity index (χ0v) is 6.56. The largest absolute Gasteiger partial charge is 0.298 e. The van der Waals surface area contributed by atoms with Crippen LogP contribution in [0.2, 0.25) is 0 Å². The van der Waals surface area contributed by atoms with Crippen molar-refractivity contribution in [3.05, 3.63) is 29.6 Å². The summed E-state index contributed by atoms with van der Waals surface area (Å²) in [5.74, 6) is 9.78. The number of rotatable bonds is 4. The molecule has 0 aliphatic heterocycles. The molecule has 0 aromatic carbocycles. The van der Waals surface area contributed by atoms with Crippen LogP contribution in [0, 0.1) is 0 Å². The molecule has 66 valence electrons. The standard InChI is InChI=1S/C7H11N3O2/c8-11-4-6-2-1-3-7(10-6)5-12-9/h1-3H,4-5,8-9H2. The molecule has 0 bridgehead atoms. The predicted octanol–water partition coefficient (Wildman–Crippen LogP) is -0.138. The second kappa shape index (κ2) is 4.78. The van der Waals surface area contributed by atoms with Crippen molar-refractivity contribution in [3.63, 3.8) is 0 Å². The molecule has 1 heterocycles. The molecular weight excluding hydrogens is 158 g/mol. The summed E-state index contributed by atoms with van der Waals surface area (Å²) < 4.78 is 0. The molecule has 0 amide bonds. The van der Waals surface area contributed by atoms with E-state index < -0.39 is 0 Å². The normalized spacial score (nSPS) is 10.2. The summed E-state index contributed by atoms with van der Waals surface area (Å²) in [4.78, 5) is 13.0. The lowest BCUT2D eigenvalue weighted by Gasteiger charge is -2.01. The van der Waals surface area contributed by atoms with Crippen molar-refractivity contribution in [2.75, 3.05) is 0 Å². The maximum atomic E-state index is 4.89. The number of hydrogen-bond donors (Lipinski definition) is 2. The van der Waals surface area contributed by atoms with Crippen molar-refractivity contribution in [1.82, 2.24) is 4.98 Å². The van der Waals surface area contributed by atoms with Gasteiger partial charge in [0, 0.05) is 0 Å². The Morgan fingerprint density at radius 1 is 1.08 bits per heavy atom. The van der Waals surface area contributed by atoms with E-state index in [-0.39, 0.29) is 0 Å². The highest BCUT2D eigenvalue weighted by atomic mass is 16.6. The van der Waals surface area contributed by atoms with E-state index in [2.05, 4.69) is 14.7 Å². The summed E-state index contributed by atoms with van der Waals surface area (Å²) in [7, 11) is 0. The second-order valence-electron chi connectivity index (χ2n) is 2.24. The fourth-order valence-corrected chi connectivity index (χ4v) is 0.861. The van der Waals surface area contributed by atoms with Crippen molar-refractivity contribution < 1.29 is 9.68 Å². The van der Waals surface area contributed by atoms with Crippen molar-refractivity contribution in [2.45, 2.75) is 13.2 Å². The average molecular weight is 169 g/mol. The van der Waals surface area contributed by atoms with E-state index in [1.807, 2.05) is 18.2 Å². The Bertz CT molecular complexity index is 221. The number of aromatic nitrogens is 1. The first-order chi connectivity index (χ1) is 5.86. The van der Waals surface area contributed by atoms with Crippen molar-refractivity contribution >= 4 is 0 Å². The number of pyridine rings is 1. The molecule has 0 atom stereocenters. The molecule has 4 N–H and O–H groups in total. The molecule has 1 aromatic rings. The minimum Gasteiger partial charge on any atom is -0.298 e. The van der Waals surface area contributed by atoms with E-state index in [9.17, 15) is 0 Å². The van der Waals surface area contributed by atoms with Gasteiger partial charge in [0.1, 0.15) is 13.2 Å². The molecule has 5 heteroatoms. The minimum atomic E-state index is 0.290. The summed E-state index contributed by atoms with van der Waals surface area (Å²) in [5.41, 5.74) is 1.51. The van der Waals surface area contributed by atoms with Gasteiger partial charge < -0.3 is 0 Å². The number of hydrogen-bond acceptors (Lipinski definition) is 5. The molecule has 5 nitrogen and oxygen atoms in total. The summed E-state index contributed by atoms with van der Waals surface area (Å²) in [6.07, 6.45) is 0. The third-order valence-corrected chi connectivity index (χ3v) is 1.33. The lowest BCUT2D eigenvalue weighted by molar-refractivity contribution is 0.114. The lowest BCUT2D eigenvalue weighted by atomic mass is 10.3. The van der Waals surface area contributed by atoms with Crippen molar-refractivity contribution in [1.29, 1.82) is 0 Å². The number of nitrogens with two attached hydrogens (primary N) is 2. The molecule has 0 aliphatic carbocycles. The zero-order chi connectivity index (χ0) is 8.81. The van der Waals surface area contributed by atoms with E-state index in [1.54, 1.807) is 0 Å². The van der Waals surface area contributed by atoms with Gasteiger partial charge in [0.15, 0.2) is 0 Å². The van der Waals surface area contributed by atoms with Crippen LogP contribution in [-0.4, -0.2) is 4.98 Å². The number of nitrogens with zero attached hydrogens (tertiary/aromatic N) is 1. The molecule has 0 saturated carbocycles. The van der Waals surface area contributed by atoms with Crippen LogP contribution < -0.4 is 11.8 Å². The van der Waals surface area contributed by atoms with Gasteiger partial charge in [-0.1, -0.05) is 6.07 Å². The predicted molar refractivity (Wildman–Crippen MR) is 42.2 cm³/mol. The second-order valence-corrected chi connectivity index (χ2v) is 2.24. The Labute approximate surface area is 70.2 Å². The summed E-state index contributed by atoms with van der Waals surface area (Å²) in [6, 6.07) is 5.47.